The molecule has 0 aliphatic carbocycles. The molecule has 1 aromatic rings. The molecule has 7 heteroatoms. The van der Waals surface area contributed by atoms with Crippen molar-refractivity contribution >= 4 is 18.3 Å². The smallest absolute Gasteiger partial charge is 0.387 e. The Labute approximate surface area is 116 Å². The normalized spacial score (nSPS) is 9.89. The van der Waals surface area contributed by atoms with E-state index in [-0.39, 0.29) is 24.1 Å². The molecule has 0 saturated heterocycles. The highest BCUT2D eigenvalue weighted by Gasteiger charge is 2.07. The minimum absolute atomic E-state index is 0. The van der Waals surface area contributed by atoms with Gasteiger partial charge in [-0.15, -0.1) is 12.4 Å². The molecule has 0 aromatic heterocycles. The van der Waals surface area contributed by atoms with Gasteiger partial charge in [-0.1, -0.05) is 0 Å². The van der Waals surface area contributed by atoms with Gasteiger partial charge in [0, 0.05) is 12.1 Å². The zero-order valence-corrected chi connectivity index (χ0v) is 11.3. The van der Waals surface area contributed by atoms with Crippen molar-refractivity contribution in [2.45, 2.75) is 13.0 Å². The van der Waals surface area contributed by atoms with Crippen LogP contribution in [0.15, 0.2) is 24.3 Å². The first-order chi connectivity index (χ1) is 8.63. The third kappa shape index (κ3) is 6.93. The van der Waals surface area contributed by atoms with Gasteiger partial charge >= 0.3 is 6.61 Å². The van der Waals surface area contributed by atoms with Crippen LogP contribution in [0, 0.1) is 0 Å². The van der Waals surface area contributed by atoms with Crippen molar-refractivity contribution in [2.75, 3.05) is 20.1 Å². The van der Waals surface area contributed by atoms with E-state index in [1.807, 2.05) is 7.05 Å². The lowest BCUT2D eigenvalue weighted by Gasteiger charge is -2.07. The molecule has 2 N–H and O–H groups in total. The van der Waals surface area contributed by atoms with Crippen molar-refractivity contribution in [1.29, 1.82) is 0 Å². The number of carbonyl (C=O) groups excluding carboxylic acids is 1. The van der Waals surface area contributed by atoms with Gasteiger partial charge in [0.25, 0.3) is 5.91 Å². The second-order valence-corrected chi connectivity index (χ2v) is 3.62. The lowest BCUT2D eigenvalue weighted by atomic mass is 10.2. The number of hydrogen-bond donors (Lipinski definition) is 2. The Morgan fingerprint density at radius 2 is 1.89 bits per heavy atom. The Balaban J connectivity index is 0.00000324. The first kappa shape index (κ1) is 17.6. The number of hydrogen-bond acceptors (Lipinski definition) is 3. The monoisotopic (exact) mass is 294 g/mol. The van der Waals surface area contributed by atoms with E-state index in [1.54, 1.807) is 0 Å². The molecule has 0 aliphatic heterocycles. The predicted molar refractivity (Wildman–Crippen MR) is 71.2 cm³/mol. The van der Waals surface area contributed by atoms with Crippen LogP contribution < -0.4 is 15.4 Å². The van der Waals surface area contributed by atoms with Gasteiger partial charge in [0.1, 0.15) is 5.75 Å². The van der Waals surface area contributed by atoms with E-state index in [2.05, 4.69) is 15.4 Å². The largest absolute Gasteiger partial charge is 0.435 e. The molecular formula is C12H17ClF2N2O2. The van der Waals surface area contributed by atoms with Crippen LogP contribution in [-0.2, 0) is 0 Å². The molecule has 108 valence electrons. The van der Waals surface area contributed by atoms with Crippen molar-refractivity contribution in [3.63, 3.8) is 0 Å². The standard InChI is InChI=1S/C12H16F2N2O2.ClH/c1-15-7-2-8-16-11(17)9-3-5-10(6-4-9)18-12(13)14;/h3-6,12,15H,2,7-8H2,1H3,(H,16,17);1H. The molecule has 0 fully saturated rings. The van der Waals surface area contributed by atoms with Crippen LogP contribution in [0.3, 0.4) is 0 Å². The highest BCUT2D eigenvalue weighted by molar-refractivity contribution is 5.94. The molecule has 0 spiro atoms. The van der Waals surface area contributed by atoms with Gasteiger partial charge in [0.15, 0.2) is 0 Å². The summed E-state index contributed by atoms with van der Waals surface area (Å²) >= 11 is 0. The Morgan fingerprint density at radius 1 is 1.26 bits per heavy atom. The minimum atomic E-state index is -2.86. The maximum absolute atomic E-state index is 11.9. The summed E-state index contributed by atoms with van der Waals surface area (Å²) < 4.78 is 28.0. The fourth-order valence-corrected chi connectivity index (χ4v) is 1.36. The van der Waals surface area contributed by atoms with Crippen LogP contribution in [0.4, 0.5) is 8.78 Å². The highest BCUT2D eigenvalue weighted by atomic mass is 35.5. The summed E-state index contributed by atoms with van der Waals surface area (Å²) in [4.78, 5) is 11.6. The number of ether oxygens (including phenoxy) is 1. The van der Waals surface area contributed by atoms with E-state index in [0.717, 1.165) is 13.0 Å². The summed E-state index contributed by atoms with van der Waals surface area (Å²) in [6, 6.07) is 5.58. The molecule has 0 bridgehead atoms. The van der Waals surface area contributed by atoms with Gasteiger partial charge in [-0.05, 0) is 44.3 Å². The maximum atomic E-state index is 11.9. The number of halogens is 3. The van der Waals surface area contributed by atoms with E-state index in [1.165, 1.54) is 24.3 Å². The van der Waals surface area contributed by atoms with E-state index < -0.39 is 6.61 Å². The van der Waals surface area contributed by atoms with Gasteiger partial charge in [-0.3, -0.25) is 4.79 Å². The summed E-state index contributed by atoms with van der Waals surface area (Å²) in [5.74, 6) is -0.188. The molecule has 0 atom stereocenters. The summed E-state index contributed by atoms with van der Waals surface area (Å²) in [6.07, 6.45) is 0.828. The van der Waals surface area contributed by atoms with Crippen LogP contribution in [0.25, 0.3) is 0 Å². The molecular weight excluding hydrogens is 278 g/mol. The van der Waals surface area contributed by atoms with E-state index >= 15 is 0 Å². The van der Waals surface area contributed by atoms with E-state index in [9.17, 15) is 13.6 Å². The zero-order valence-electron chi connectivity index (χ0n) is 10.5. The summed E-state index contributed by atoms with van der Waals surface area (Å²) in [5, 5.41) is 5.69. The average Bonchev–Trinajstić information content (AvgIpc) is 2.34. The maximum Gasteiger partial charge on any atom is 0.387 e. The van der Waals surface area contributed by atoms with Crippen molar-refractivity contribution in [1.82, 2.24) is 10.6 Å². The van der Waals surface area contributed by atoms with Gasteiger partial charge < -0.3 is 15.4 Å². The minimum Gasteiger partial charge on any atom is -0.435 e. The number of benzene rings is 1. The first-order valence-electron chi connectivity index (χ1n) is 5.61. The summed E-state index contributed by atoms with van der Waals surface area (Å²) in [5.41, 5.74) is 0.418. The van der Waals surface area contributed by atoms with Gasteiger partial charge in [0.2, 0.25) is 0 Å². The average molecular weight is 295 g/mol. The molecule has 4 nitrogen and oxygen atoms in total. The molecule has 19 heavy (non-hydrogen) atoms. The number of nitrogens with one attached hydrogen (secondary N) is 2. The molecule has 0 radical (unpaired) electrons. The number of amides is 1. The molecule has 1 amide bonds. The van der Waals surface area contributed by atoms with Gasteiger partial charge in [0.05, 0.1) is 0 Å². The van der Waals surface area contributed by atoms with Crippen LogP contribution in [0.5, 0.6) is 5.75 Å². The van der Waals surface area contributed by atoms with Crippen molar-refractivity contribution < 1.29 is 18.3 Å². The molecule has 0 unspecified atom stereocenters. The van der Waals surface area contributed by atoms with Crippen LogP contribution in [0.1, 0.15) is 16.8 Å². The van der Waals surface area contributed by atoms with Crippen molar-refractivity contribution in [3.8, 4) is 5.75 Å². The fraction of sp³-hybridized carbons (Fsp3) is 0.417. The van der Waals surface area contributed by atoms with Crippen LogP contribution in [-0.4, -0.2) is 32.7 Å². The third-order valence-corrected chi connectivity index (χ3v) is 2.23. The Kier molecular flexibility index (Phi) is 8.82. The van der Waals surface area contributed by atoms with E-state index in [4.69, 9.17) is 0 Å². The second kappa shape index (κ2) is 9.52. The predicted octanol–water partition coefficient (Wildman–Crippen LogP) is 2.05. The molecule has 0 aliphatic rings. The molecule has 1 rings (SSSR count). The topological polar surface area (TPSA) is 50.4 Å². The van der Waals surface area contributed by atoms with E-state index in [0.29, 0.717) is 12.1 Å². The zero-order chi connectivity index (χ0) is 13.4. The molecule has 0 saturated carbocycles. The van der Waals surface area contributed by atoms with Crippen molar-refractivity contribution in [2.24, 2.45) is 0 Å². The summed E-state index contributed by atoms with van der Waals surface area (Å²) in [6.45, 7) is -1.47. The highest BCUT2D eigenvalue weighted by Crippen LogP contribution is 2.14. The SMILES string of the molecule is CNCCCNC(=O)c1ccc(OC(F)F)cc1.Cl. The molecule has 1 aromatic carbocycles. The lowest BCUT2D eigenvalue weighted by molar-refractivity contribution is -0.0498. The van der Waals surface area contributed by atoms with Crippen LogP contribution >= 0.6 is 12.4 Å². The number of alkyl halides is 2. The summed E-state index contributed by atoms with van der Waals surface area (Å²) in [7, 11) is 1.84. The number of carbonyl (C=O) groups is 1. The quantitative estimate of drug-likeness (QED) is 0.757. The Morgan fingerprint density at radius 3 is 2.42 bits per heavy atom. The van der Waals surface area contributed by atoms with Gasteiger partial charge in [-0.25, -0.2) is 0 Å². The fourth-order valence-electron chi connectivity index (χ4n) is 1.36. The number of rotatable bonds is 7. The second-order valence-electron chi connectivity index (χ2n) is 3.62. The lowest BCUT2D eigenvalue weighted by Crippen LogP contribution is -2.26. The Hall–Kier alpha value is -1.40. The third-order valence-electron chi connectivity index (χ3n) is 2.23. The van der Waals surface area contributed by atoms with Crippen molar-refractivity contribution in [3.05, 3.63) is 29.8 Å². The van der Waals surface area contributed by atoms with Crippen LogP contribution in [0.2, 0.25) is 0 Å². The Bertz CT molecular complexity index is 374. The first-order valence-corrected chi connectivity index (χ1v) is 5.61. The molecule has 0 heterocycles. The van der Waals surface area contributed by atoms with Gasteiger partial charge in [-0.2, -0.15) is 8.78 Å².